The Morgan fingerprint density at radius 1 is 1.07 bits per heavy atom. The first-order valence-corrected chi connectivity index (χ1v) is 9.94. The molecular weight excluding hydrogens is 361 g/mol. The van der Waals surface area contributed by atoms with Crippen LogP contribution >= 0.6 is 0 Å². The highest BCUT2D eigenvalue weighted by Gasteiger charge is 2.44. The van der Waals surface area contributed by atoms with Gasteiger partial charge in [0, 0.05) is 29.8 Å². The molecule has 2 aromatic rings. The topological polar surface area (TPSA) is 62.2 Å². The standard InChI is InChI=1S/C22H24FNO4/c23-18-5-4-17-15(6-9-22(17,26)24-10-7-14(25)8-11-24)20(18)16-2-1-3-19-21(16)28-13-12-27-19/h1-5,14,25-26H,6-13H2. The molecule has 28 heavy (non-hydrogen) atoms. The molecule has 5 nitrogen and oxygen atoms in total. The van der Waals surface area contributed by atoms with Crippen molar-refractivity contribution in [3.63, 3.8) is 0 Å². The van der Waals surface area contributed by atoms with Crippen LogP contribution in [0.3, 0.4) is 0 Å². The van der Waals surface area contributed by atoms with Gasteiger partial charge in [-0.3, -0.25) is 4.90 Å². The fourth-order valence-corrected chi connectivity index (χ4v) is 4.81. The molecule has 1 aliphatic carbocycles. The van der Waals surface area contributed by atoms with Crippen molar-refractivity contribution in [1.82, 2.24) is 4.90 Å². The van der Waals surface area contributed by atoms with Gasteiger partial charge in [0.1, 0.15) is 24.8 Å². The first-order valence-electron chi connectivity index (χ1n) is 9.94. The average molecular weight is 385 g/mol. The monoisotopic (exact) mass is 385 g/mol. The SMILES string of the molecule is OC1CCN(C2(O)CCc3c2ccc(F)c3-c2cccc3c2OCCO3)CC1. The third-order valence-corrected chi connectivity index (χ3v) is 6.24. The highest BCUT2D eigenvalue weighted by molar-refractivity contribution is 5.78. The van der Waals surface area contributed by atoms with Crippen molar-refractivity contribution in [3.05, 3.63) is 47.3 Å². The Bertz CT molecular complexity index is 910. The molecule has 0 amide bonds. The molecule has 1 saturated heterocycles. The van der Waals surface area contributed by atoms with Crippen molar-refractivity contribution < 1.29 is 24.1 Å². The van der Waals surface area contributed by atoms with E-state index in [0.29, 0.717) is 74.6 Å². The summed E-state index contributed by atoms with van der Waals surface area (Å²) in [6.45, 7) is 2.16. The summed E-state index contributed by atoms with van der Waals surface area (Å²) in [5.41, 5.74) is 1.63. The van der Waals surface area contributed by atoms with E-state index in [1.165, 1.54) is 6.07 Å². The summed E-state index contributed by atoms with van der Waals surface area (Å²) >= 11 is 0. The van der Waals surface area contributed by atoms with E-state index in [1.54, 1.807) is 6.07 Å². The summed E-state index contributed by atoms with van der Waals surface area (Å²) in [5.74, 6) is 0.872. The third-order valence-electron chi connectivity index (χ3n) is 6.24. The molecule has 148 valence electrons. The van der Waals surface area contributed by atoms with Crippen molar-refractivity contribution in [2.45, 2.75) is 37.5 Å². The van der Waals surface area contributed by atoms with Crippen molar-refractivity contribution in [1.29, 1.82) is 0 Å². The Hall–Kier alpha value is -2.15. The van der Waals surface area contributed by atoms with Crippen LogP contribution in [0.25, 0.3) is 11.1 Å². The molecule has 1 fully saturated rings. The van der Waals surface area contributed by atoms with Crippen LogP contribution in [0.1, 0.15) is 30.4 Å². The minimum absolute atomic E-state index is 0.308. The van der Waals surface area contributed by atoms with Crippen LogP contribution in [0.2, 0.25) is 0 Å². The molecule has 0 saturated carbocycles. The van der Waals surface area contributed by atoms with Gasteiger partial charge >= 0.3 is 0 Å². The lowest BCUT2D eigenvalue weighted by Gasteiger charge is -2.41. The number of nitrogens with zero attached hydrogens (tertiary/aromatic N) is 1. The van der Waals surface area contributed by atoms with Gasteiger partial charge in [-0.25, -0.2) is 4.39 Å². The summed E-state index contributed by atoms with van der Waals surface area (Å²) in [6.07, 6.45) is 2.08. The number of fused-ring (bicyclic) bond motifs is 2. The summed E-state index contributed by atoms with van der Waals surface area (Å²) < 4.78 is 26.5. The van der Waals surface area contributed by atoms with Crippen molar-refractivity contribution in [3.8, 4) is 22.6 Å². The maximum Gasteiger partial charge on any atom is 0.169 e. The van der Waals surface area contributed by atoms with Gasteiger partial charge in [0.2, 0.25) is 0 Å². The minimum Gasteiger partial charge on any atom is -0.486 e. The second kappa shape index (κ2) is 6.72. The molecule has 2 heterocycles. The van der Waals surface area contributed by atoms with Gasteiger partial charge in [0.15, 0.2) is 11.5 Å². The van der Waals surface area contributed by atoms with Crippen LogP contribution in [-0.4, -0.2) is 47.5 Å². The van der Waals surface area contributed by atoms with Crippen molar-refractivity contribution >= 4 is 0 Å². The van der Waals surface area contributed by atoms with Gasteiger partial charge in [0.25, 0.3) is 0 Å². The minimum atomic E-state index is -1.12. The lowest BCUT2D eigenvalue weighted by molar-refractivity contribution is -0.132. The largest absolute Gasteiger partial charge is 0.486 e. The zero-order valence-corrected chi connectivity index (χ0v) is 15.7. The maximum atomic E-state index is 15.0. The second-order valence-electron chi connectivity index (χ2n) is 7.81. The van der Waals surface area contributed by atoms with E-state index in [0.717, 1.165) is 11.1 Å². The highest BCUT2D eigenvalue weighted by Crippen LogP contribution is 2.48. The Labute approximate surface area is 163 Å². The van der Waals surface area contributed by atoms with Gasteiger partial charge in [0.05, 0.1) is 6.10 Å². The predicted octanol–water partition coefficient (Wildman–Crippen LogP) is 2.81. The Kier molecular flexibility index (Phi) is 4.30. The maximum absolute atomic E-state index is 15.0. The molecular formula is C22H24FNO4. The fraction of sp³-hybridized carbons (Fsp3) is 0.455. The molecule has 0 radical (unpaired) electrons. The summed E-state index contributed by atoms with van der Waals surface area (Å²) in [4.78, 5) is 2.02. The van der Waals surface area contributed by atoms with E-state index < -0.39 is 5.72 Å². The molecule has 2 N–H and O–H groups in total. The second-order valence-corrected chi connectivity index (χ2v) is 7.81. The number of hydrogen-bond donors (Lipinski definition) is 2. The average Bonchev–Trinajstić information content (AvgIpc) is 3.06. The van der Waals surface area contributed by atoms with E-state index >= 15 is 4.39 Å². The molecule has 5 rings (SSSR count). The number of benzene rings is 2. The molecule has 3 aliphatic rings. The Balaban J connectivity index is 1.61. The molecule has 0 bridgehead atoms. The van der Waals surface area contributed by atoms with E-state index in [-0.39, 0.29) is 11.9 Å². The molecule has 0 aromatic heterocycles. The van der Waals surface area contributed by atoms with Gasteiger partial charge in [-0.15, -0.1) is 0 Å². The van der Waals surface area contributed by atoms with Gasteiger partial charge in [-0.05, 0) is 43.4 Å². The number of rotatable bonds is 2. The molecule has 6 heteroatoms. The van der Waals surface area contributed by atoms with E-state index in [1.807, 2.05) is 23.1 Å². The fourth-order valence-electron chi connectivity index (χ4n) is 4.81. The molecule has 2 aromatic carbocycles. The van der Waals surface area contributed by atoms with Crippen molar-refractivity contribution in [2.75, 3.05) is 26.3 Å². The lowest BCUT2D eigenvalue weighted by atomic mass is 9.93. The highest BCUT2D eigenvalue weighted by atomic mass is 19.1. The van der Waals surface area contributed by atoms with Gasteiger partial charge in [-0.1, -0.05) is 18.2 Å². The van der Waals surface area contributed by atoms with Crippen LogP contribution in [0.15, 0.2) is 30.3 Å². The third kappa shape index (κ3) is 2.70. The van der Waals surface area contributed by atoms with Crippen LogP contribution in [0, 0.1) is 5.82 Å². The Morgan fingerprint density at radius 2 is 1.86 bits per heavy atom. The lowest BCUT2D eigenvalue weighted by Crippen LogP contribution is -2.49. The predicted molar refractivity (Wildman–Crippen MR) is 102 cm³/mol. The van der Waals surface area contributed by atoms with Crippen LogP contribution in [0.4, 0.5) is 4.39 Å². The zero-order valence-electron chi connectivity index (χ0n) is 15.7. The number of ether oxygens (including phenoxy) is 2. The summed E-state index contributed by atoms with van der Waals surface area (Å²) in [5, 5.41) is 21.3. The zero-order chi connectivity index (χ0) is 19.3. The summed E-state index contributed by atoms with van der Waals surface area (Å²) in [7, 11) is 0. The normalized spacial score (nSPS) is 25.0. The van der Waals surface area contributed by atoms with Crippen LogP contribution in [0.5, 0.6) is 11.5 Å². The number of aliphatic hydroxyl groups excluding tert-OH is 1. The first-order chi connectivity index (χ1) is 13.6. The van der Waals surface area contributed by atoms with Crippen LogP contribution < -0.4 is 9.47 Å². The number of piperidine rings is 1. The summed E-state index contributed by atoms with van der Waals surface area (Å²) in [6, 6.07) is 8.66. The molecule has 0 spiro atoms. The van der Waals surface area contributed by atoms with E-state index in [2.05, 4.69) is 0 Å². The smallest absolute Gasteiger partial charge is 0.169 e. The number of para-hydroxylation sites is 1. The van der Waals surface area contributed by atoms with Crippen molar-refractivity contribution in [2.24, 2.45) is 0 Å². The van der Waals surface area contributed by atoms with Gasteiger partial charge < -0.3 is 19.7 Å². The molecule has 1 unspecified atom stereocenters. The Morgan fingerprint density at radius 3 is 2.68 bits per heavy atom. The van der Waals surface area contributed by atoms with E-state index in [4.69, 9.17) is 9.47 Å². The molecule has 1 atom stereocenters. The number of aliphatic hydroxyl groups is 2. The first kappa shape index (κ1) is 17.9. The van der Waals surface area contributed by atoms with Crippen LogP contribution in [-0.2, 0) is 12.1 Å². The molecule has 2 aliphatic heterocycles. The van der Waals surface area contributed by atoms with Gasteiger partial charge in [-0.2, -0.15) is 0 Å². The number of halogens is 1. The quantitative estimate of drug-likeness (QED) is 0.833. The van der Waals surface area contributed by atoms with E-state index in [9.17, 15) is 10.2 Å². The number of hydrogen-bond acceptors (Lipinski definition) is 5. The number of likely N-dealkylation sites (tertiary alicyclic amines) is 1.